The van der Waals surface area contributed by atoms with E-state index in [-0.39, 0.29) is 5.91 Å². The molecule has 0 fully saturated rings. The van der Waals surface area contributed by atoms with Crippen LogP contribution in [0.5, 0.6) is 0 Å². The van der Waals surface area contributed by atoms with Crippen LogP contribution < -0.4 is 20.9 Å². The molecule has 0 saturated heterocycles. The van der Waals surface area contributed by atoms with Gasteiger partial charge in [-0.1, -0.05) is 6.07 Å². The van der Waals surface area contributed by atoms with Gasteiger partial charge in [-0.2, -0.15) is 0 Å². The lowest BCUT2D eigenvalue weighted by molar-refractivity contribution is -0.132. The Kier molecular flexibility index (Phi) is 5.73. The molecule has 0 aliphatic rings. The minimum atomic E-state index is -0.795. The van der Waals surface area contributed by atoms with Gasteiger partial charge in [0.25, 0.3) is 0 Å². The summed E-state index contributed by atoms with van der Waals surface area (Å²) >= 11 is 0. The quantitative estimate of drug-likeness (QED) is 0.745. The minimum absolute atomic E-state index is 0.220. The molecule has 0 radical (unpaired) electrons. The zero-order chi connectivity index (χ0) is 18.4. The summed E-state index contributed by atoms with van der Waals surface area (Å²) in [6.45, 7) is 1.39. The van der Waals surface area contributed by atoms with E-state index in [1.54, 1.807) is 36.4 Å². The first-order valence-electron chi connectivity index (χ1n) is 7.62. The Labute approximate surface area is 146 Å². The maximum atomic E-state index is 12.0. The number of hydrogen-bond acceptors (Lipinski definition) is 4. The fraction of sp³-hybridized carbons (Fsp3) is 0.167. The molecule has 2 aromatic rings. The normalized spacial score (nSPS) is 9.88. The van der Waals surface area contributed by atoms with E-state index in [9.17, 15) is 14.4 Å². The van der Waals surface area contributed by atoms with E-state index in [1.165, 1.54) is 6.92 Å². The lowest BCUT2D eigenvalue weighted by Crippen LogP contribution is -2.29. The minimum Gasteiger partial charge on any atom is -0.378 e. The molecular weight excluding hydrogens is 320 g/mol. The average molecular weight is 340 g/mol. The fourth-order valence-corrected chi connectivity index (χ4v) is 2.10. The van der Waals surface area contributed by atoms with Crippen LogP contribution in [0.4, 0.5) is 22.7 Å². The first kappa shape index (κ1) is 18.0. The molecule has 0 spiro atoms. The van der Waals surface area contributed by atoms with Crippen LogP contribution in [0.2, 0.25) is 0 Å². The highest BCUT2D eigenvalue weighted by molar-refractivity contribution is 6.43. The number of anilines is 4. The largest absolute Gasteiger partial charge is 0.378 e. The number of nitrogens with zero attached hydrogens (tertiary/aromatic N) is 1. The number of rotatable bonds is 4. The fourth-order valence-electron chi connectivity index (χ4n) is 2.10. The van der Waals surface area contributed by atoms with Gasteiger partial charge in [-0.15, -0.1) is 0 Å². The molecule has 0 bridgehead atoms. The second-order valence-electron chi connectivity index (χ2n) is 5.61. The number of benzene rings is 2. The summed E-state index contributed by atoms with van der Waals surface area (Å²) in [6.07, 6.45) is 0. The van der Waals surface area contributed by atoms with Crippen LogP contribution in [-0.4, -0.2) is 31.8 Å². The molecule has 0 atom stereocenters. The zero-order valence-electron chi connectivity index (χ0n) is 14.3. The standard InChI is InChI=1S/C18H20N4O3/c1-12(23)19-14-5-4-6-15(11-14)21-18(25)17(24)20-13-7-9-16(10-8-13)22(2)3/h4-11H,1-3H3,(H,19,23)(H,20,24)(H,21,25). The molecule has 0 aliphatic carbocycles. The predicted octanol–water partition coefficient (Wildman–Crippen LogP) is 2.29. The van der Waals surface area contributed by atoms with Crippen molar-refractivity contribution in [3.63, 3.8) is 0 Å². The molecule has 130 valence electrons. The lowest BCUT2D eigenvalue weighted by atomic mass is 10.2. The van der Waals surface area contributed by atoms with Crippen LogP contribution in [0.25, 0.3) is 0 Å². The number of nitrogens with one attached hydrogen (secondary N) is 3. The van der Waals surface area contributed by atoms with Gasteiger partial charge in [-0.05, 0) is 42.5 Å². The third-order valence-electron chi connectivity index (χ3n) is 3.29. The molecule has 25 heavy (non-hydrogen) atoms. The summed E-state index contributed by atoms with van der Waals surface area (Å²) in [5.41, 5.74) is 2.45. The second-order valence-corrected chi connectivity index (χ2v) is 5.61. The van der Waals surface area contributed by atoms with Crippen molar-refractivity contribution in [1.29, 1.82) is 0 Å². The van der Waals surface area contributed by atoms with E-state index in [0.717, 1.165) is 5.69 Å². The maximum Gasteiger partial charge on any atom is 0.314 e. The van der Waals surface area contributed by atoms with Gasteiger partial charge in [0.2, 0.25) is 5.91 Å². The Morgan fingerprint density at radius 2 is 1.28 bits per heavy atom. The maximum absolute atomic E-state index is 12.0. The number of carbonyl (C=O) groups is 3. The summed E-state index contributed by atoms with van der Waals surface area (Å²) in [6, 6.07) is 13.7. The molecule has 2 aromatic carbocycles. The first-order chi connectivity index (χ1) is 11.8. The Hall–Kier alpha value is -3.35. The molecule has 0 unspecified atom stereocenters. The summed E-state index contributed by atoms with van der Waals surface area (Å²) in [5, 5.41) is 7.64. The van der Waals surface area contributed by atoms with Gasteiger partial charge < -0.3 is 20.9 Å². The summed E-state index contributed by atoms with van der Waals surface area (Å²) in [4.78, 5) is 37.0. The lowest BCUT2D eigenvalue weighted by Gasteiger charge is -2.13. The molecule has 2 rings (SSSR count). The second kappa shape index (κ2) is 7.96. The van der Waals surface area contributed by atoms with E-state index in [4.69, 9.17) is 0 Å². The van der Waals surface area contributed by atoms with E-state index in [0.29, 0.717) is 17.1 Å². The van der Waals surface area contributed by atoms with Crippen molar-refractivity contribution < 1.29 is 14.4 Å². The van der Waals surface area contributed by atoms with Gasteiger partial charge in [0.1, 0.15) is 0 Å². The monoisotopic (exact) mass is 340 g/mol. The Morgan fingerprint density at radius 1 is 0.760 bits per heavy atom. The van der Waals surface area contributed by atoms with E-state index in [1.807, 2.05) is 31.1 Å². The number of hydrogen-bond donors (Lipinski definition) is 3. The van der Waals surface area contributed by atoms with Crippen molar-refractivity contribution in [2.75, 3.05) is 34.9 Å². The zero-order valence-corrected chi connectivity index (χ0v) is 14.3. The van der Waals surface area contributed by atoms with Gasteiger partial charge in [-0.25, -0.2) is 0 Å². The Bertz CT molecular complexity index is 785. The van der Waals surface area contributed by atoms with Crippen molar-refractivity contribution in [3.05, 3.63) is 48.5 Å². The summed E-state index contributed by atoms with van der Waals surface area (Å²) < 4.78 is 0. The SMILES string of the molecule is CC(=O)Nc1cccc(NC(=O)C(=O)Nc2ccc(N(C)C)cc2)c1. The van der Waals surface area contributed by atoms with Gasteiger partial charge in [0.15, 0.2) is 0 Å². The molecule has 0 aliphatic heterocycles. The highest BCUT2D eigenvalue weighted by Gasteiger charge is 2.14. The third kappa shape index (κ3) is 5.35. The smallest absolute Gasteiger partial charge is 0.314 e. The molecule has 3 N–H and O–H groups in total. The van der Waals surface area contributed by atoms with Crippen LogP contribution in [0.1, 0.15) is 6.92 Å². The van der Waals surface area contributed by atoms with Gasteiger partial charge >= 0.3 is 11.8 Å². The van der Waals surface area contributed by atoms with Gasteiger partial charge in [-0.3, -0.25) is 14.4 Å². The number of carbonyl (C=O) groups excluding carboxylic acids is 3. The van der Waals surface area contributed by atoms with Gasteiger partial charge in [0, 0.05) is 43.8 Å². The van der Waals surface area contributed by atoms with E-state index < -0.39 is 11.8 Å². The van der Waals surface area contributed by atoms with Crippen LogP contribution in [0.3, 0.4) is 0 Å². The average Bonchev–Trinajstić information content (AvgIpc) is 2.55. The summed E-state index contributed by atoms with van der Waals surface area (Å²) in [7, 11) is 3.83. The van der Waals surface area contributed by atoms with Crippen molar-refractivity contribution in [2.45, 2.75) is 6.92 Å². The first-order valence-corrected chi connectivity index (χ1v) is 7.62. The molecule has 0 aromatic heterocycles. The molecule has 0 heterocycles. The van der Waals surface area contributed by atoms with Crippen molar-refractivity contribution in [3.8, 4) is 0 Å². The van der Waals surface area contributed by atoms with Crippen molar-refractivity contribution in [1.82, 2.24) is 0 Å². The van der Waals surface area contributed by atoms with E-state index in [2.05, 4.69) is 16.0 Å². The van der Waals surface area contributed by atoms with Gasteiger partial charge in [0.05, 0.1) is 0 Å². The van der Waals surface area contributed by atoms with Crippen LogP contribution >= 0.6 is 0 Å². The van der Waals surface area contributed by atoms with Crippen LogP contribution in [-0.2, 0) is 14.4 Å². The molecule has 0 saturated carbocycles. The van der Waals surface area contributed by atoms with E-state index >= 15 is 0 Å². The van der Waals surface area contributed by atoms with Crippen molar-refractivity contribution in [2.24, 2.45) is 0 Å². The molecule has 7 nitrogen and oxygen atoms in total. The van der Waals surface area contributed by atoms with Crippen LogP contribution in [0, 0.1) is 0 Å². The summed E-state index contributed by atoms with van der Waals surface area (Å²) in [5.74, 6) is -1.79. The molecule has 3 amide bonds. The Balaban J connectivity index is 1.98. The Morgan fingerprint density at radius 3 is 1.80 bits per heavy atom. The topological polar surface area (TPSA) is 90.5 Å². The van der Waals surface area contributed by atoms with Crippen LogP contribution in [0.15, 0.2) is 48.5 Å². The van der Waals surface area contributed by atoms with Crippen molar-refractivity contribution >= 4 is 40.5 Å². The molecule has 7 heteroatoms. The molecular formula is C18H20N4O3. The number of amides is 3. The highest BCUT2D eigenvalue weighted by Crippen LogP contribution is 2.17. The highest BCUT2D eigenvalue weighted by atomic mass is 16.2. The third-order valence-corrected chi connectivity index (χ3v) is 3.29. The predicted molar refractivity (Wildman–Crippen MR) is 98.8 cm³/mol.